The molecule has 1 N–H and O–H groups in total. The minimum atomic E-state index is -4.77. The van der Waals surface area contributed by atoms with E-state index in [0.717, 1.165) is 112 Å². The lowest BCUT2D eigenvalue weighted by molar-refractivity contribution is -0.274. The fourth-order valence-corrected chi connectivity index (χ4v) is 10.9. The van der Waals surface area contributed by atoms with E-state index in [9.17, 15) is 18.3 Å². The van der Waals surface area contributed by atoms with Crippen molar-refractivity contribution in [3.63, 3.8) is 0 Å². The molecule has 1 aromatic heterocycles. The molecule has 0 aliphatic carbocycles. The summed E-state index contributed by atoms with van der Waals surface area (Å²) in [6.45, 7) is 0. The van der Waals surface area contributed by atoms with Gasteiger partial charge in [-0.2, -0.15) is 0 Å². The van der Waals surface area contributed by atoms with Gasteiger partial charge in [0.15, 0.2) is 0 Å². The number of aromatic hydroxyl groups is 1. The number of rotatable bonds is 6. The van der Waals surface area contributed by atoms with E-state index in [1.165, 1.54) is 12.1 Å². The number of phenols is 1. The molecule has 0 bridgehead atoms. The number of fused-ring (bicyclic) bond motifs is 11. The molecule has 5 nitrogen and oxygen atoms in total. The number of furan rings is 1. The van der Waals surface area contributed by atoms with E-state index < -0.39 is 11.8 Å². The number of phenolic OH excluding ortho intramolecular Hbond substituents is 1. The van der Waals surface area contributed by atoms with Gasteiger partial charge < -0.3 is 24.1 Å². The standard InChI is InChI=1S/C62H39F3N2O3/c63-62(64,65)70-47-35-26-42(27-36-47)40-22-31-45(32-23-40)67-57-18-7-4-15-53(57)61(54-38-43(28-37-58(54)67)48-11-9-12-50-49-10-1-8-19-59(49)69-60(48)50)51-13-2-5-16-55(51)66(56-17-6-3-14-52(56)61)44-29-20-39(21-30-44)41-24-33-46(68)34-25-41/h1-38,68H. The topological polar surface area (TPSA) is 49.1 Å². The fraction of sp³-hybridized carbons (Fsp3) is 0.0323. The van der Waals surface area contributed by atoms with Crippen molar-refractivity contribution in [1.29, 1.82) is 0 Å². The van der Waals surface area contributed by atoms with Crippen molar-refractivity contribution < 1.29 is 27.4 Å². The highest BCUT2D eigenvalue weighted by molar-refractivity contribution is 6.10. The smallest absolute Gasteiger partial charge is 0.508 e. The summed E-state index contributed by atoms with van der Waals surface area (Å²) in [5, 5.41) is 12.1. The molecule has 336 valence electrons. The second kappa shape index (κ2) is 15.8. The van der Waals surface area contributed by atoms with E-state index in [0.29, 0.717) is 0 Å². The molecule has 0 saturated heterocycles. The lowest BCUT2D eigenvalue weighted by Crippen LogP contribution is -2.42. The number of halogens is 3. The summed E-state index contributed by atoms with van der Waals surface area (Å²) in [5.41, 5.74) is 17.0. The van der Waals surface area contributed by atoms with Crippen LogP contribution in [0.5, 0.6) is 11.5 Å². The van der Waals surface area contributed by atoms with Gasteiger partial charge in [0.1, 0.15) is 22.7 Å². The van der Waals surface area contributed by atoms with E-state index in [-0.39, 0.29) is 11.5 Å². The first-order valence-electron chi connectivity index (χ1n) is 23.0. The average molecular weight is 917 g/mol. The van der Waals surface area contributed by atoms with Crippen LogP contribution in [-0.4, -0.2) is 11.5 Å². The van der Waals surface area contributed by atoms with Crippen LogP contribution >= 0.6 is 0 Å². The molecule has 70 heavy (non-hydrogen) atoms. The number of anilines is 6. The van der Waals surface area contributed by atoms with Crippen molar-refractivity contribution >= 4 is 56.1 Å². The Bertz CT molecular complexity index is 3760. The van der Waals surface area contributed by atoms with Crippen LogP contribution in [0.25, 0.3) is 55.3 Å². The van der Waals surface area contributed by atoms with Gasteiger partial charge in [0, 0.05) is 27.7 Å². The van der Waals surface area contributed by atoms with E-state index in [2.05, 4.69) is 166 Å². The van der Waals surface area contributed by atoms with Crippen molar-refractivity contribution in [2.75, 3.05) is 9.80 Å². The Hall–Kier alpha value is -9.01. The second-order valence-corrected chi connectivity index (χ2v) is 17.7. The number of benzene rings is 10. The number of nitrogens with zero attached hydrogens (tertiary/aromatic N) is 2. The molecule has 1 spiro atoms. The highest BCUT2D eigenvalue weighted by atomic mass is 19.4. The summed E-state index contributed by atoms with van der Waals surface area (Å²) in [6, 6.07) is 77.4. The third kappa shape index (κ3) is 6.48. The molecule has 0 atom stereocenters. The largest absolute Gasteiger partial charge is 0.573 e. The zero-order valence-corrected chi connectivity index (χ0v) is 37.2. The van der Waals surface area contributed by atoms with Crippen LogP contribution in [0.4, 0.5) is 47.3 Å². The maximum atomic E-state index is 13.0. The van der Waals surface area contributed by atoms with Gasteiger partial charge in [-0.1, -0.05) is 146 Å². The molecule has 2 aliphatic rings. The number of ether oxygens (including phenoxy) is 1. The first-order chi connectivity index (χ1) is 34.2. The van der Waals surface area contributed by atoms with Crippen molar-refractivity contribution in [2.24, 2.45) is 0 Å². The molecular formula is C62H39F3N2O3. The maximum absolute atomic E-state index is 13.0. The number of para-hydroxylation sites is 5. The molecule has 11 aromatic rings. The molecule has 8 heteroatoms. The SMILES string of the molecule is Oc1ccc(-c2ccc(N3c4ccccc4C4(c5ccccc53)c3ccccc3N(c3ccc(-c5ccc(OC(F)(F)F)cc5)cc3)c3ccc(-c5cccc6c5oc5ccccc56)cc34)cc2)cc1. The zero-order valence-electron chi connectivity index (χ0n) is 37.2. The number of alkyl halides is 3. The summed E-state index contributed by atoms with van der Waals surface area (Å²) in [4.78, 5) is 4.69. The van der Waals surface area contributed by atoms with Crippen LogP contribution in [-0.2, 0) is 5.41 Å². The Labute approximate surface area is 401 Å². The lowest BCUT2D eigenvalue weighted by atomic mass is 9.60. The molecule has 0 fully saturated rings. The summed E-state index contributed by atoms with van der Waals surface area (Å²) >= 11 is 0. The Balaban J connectivity index is 1.03. The molecule has 0 radical (unpaired) electrons. The highest BCUT2D eigenvalue weighted by Gasteiger charge is 2.52. The third-order valence-electron chi connectivity index (χ3n) is 13.9. The van der Waals surface area contributed by atoms with Gasteiger partial charge in [0.2, 0.25) is 0 Å². The van der Waals surface area contributed by atoms with Crippen molar-refractivity contribution in [2.45, 2.75) is 11.8 Å². The summed E-state index contributed by atoms with van der Waals surface area (Å²) < 4.78 is 49.8. The van der Waals surface area contributed by atoms with E-state index in [1.54, 1.807) is 24.3 Å². The number of hydrogen-bond acceptors (Lipinski definition) is 5. The van der Waals surface area contributed by atoms with Gasteiger partial charge in [-0.05, 0) is 135 Å². The predicted octanol–water partition coefficient (Wildman–Crippen LogP) is 17.1. The predicted molar refractivity (Wildman–Crippen MR) is 273 cm³/mol. The normalized spacial score (nSPS) is 13.5. The molecule has 3 heterocycles. The number of hydrogen-bond donors (Lipinski definition) is 1. The van der Waals surface area contributed by atoms with Gasteiger partial charge in [-0.3, -0.25) is 0 Å². The van der Waals surface area contributed by atoms with Gasteiger partial charge in [-0.25, -0.2) is 0 Å². The van der Waals surface area contributed by atoms with Crippen LogP contribution in [0.1, 0.15) is 22.3 Å². The molecule has 0 unspecified atom stereocenters. The minimum Gasteiger partial charge on any atom is -0.508 e. The summed E-state index contributed by atoms with van der Waals surface area (Å²) in [7, 11) is 0. The second-order valence-electron chi connectivity index (χ2n) is 17.7. The maximum Gasteiger partial charge on any atom is 0.573 e. The van der Waals surface area contributed by atoms with Crippen molar-refractivity contribution in [3.05, 3.63) is 253 Å². The quantitative estimate of drug-likeness (QED) is 0.180. The van der Waals surface area contributed by atoms with Gasteiger partial charge in [-0.15, -0.1) is 13.2 Å². The molecular weight excluding hydrogens is 878 g/mol. The molecule has 0 saturated carbocycles. The monoisotopic (exact) mass is 916 g/mol. The molecule has 2 aliphatic heterocycles. The highest BCUT2D eigenvalue weighted by Crippen LogP contribution is 2.64. The van der Waals surface area contributed by atoms with Gasteiger partial charge >= 0.3 is 6.36 Å². The molecule has 0 amide bonds. The molecule has 10 aromatic carbocycles. The molecule has 13 rings (SSSR count). The average Bonchev–Trinajstić information content (AvgIpc) is 3.78. The Morgan fingerprint density at radius 2 is 0.857 bits per heavy atom. The summed E-state index contributed by atoms with van der Waals surface area (Å²) in [5.74, 6) is -0.0381. The van der Waals surface area contributed by atoms with Crippen molar-refractivity contribution in [1.82, 2.24) is 0 Å². The van der Waals surface area contributed by atoms with Crippen LogP contribution in [0.2, 0.25) is 0 Å². The van der Waals surface area contributed by atoms with Gasteiger partial charge in [0.05, 0.1) is 28.2 Å². The lowest BCUT2D eigenvalue weighted by Gasteiger charge is -2.51. The van der Waals surface area contributed by atoms with Crippen molar-refractivity contribution in [3.8, 4) is 44.9 Å². The minimum absolute atomic E-state index is 0.229. The van der Waals surface area contributed by atoms with Crippen LogP contribution in [0.3, 0.4) is 0 Å². The van der Waals surface area contributed by atoms with Gasteiger partial charge in [0.25, 0.3) is 0 Å². The van der Waals surface area contributed by atoms with Crippen LogP contribution < -0.4 is 14.5 Å². The van der Waals surface area contributed by atoms with Crippen LogP contribution in [0.15, 0.2) is 235 Å². The summed E-state index contributed by atoms with van der Waals surface area (Å²) in [6.07, 6.45) is -4.77. The third-order valence-corrected chi connectivity index (χ3v) is 13.9. The first-order valence-corrected chi connectivity index (χ1v) is 23.0. The zero-order chi connectivity index (χ0) is 47.1. The first kappa shape index (κ1) is 41.2. The fourth-order valence-electron chi connectivity index (χ4n) is 10.9. The Morgan fingerprint density at radius 3 is 1.40 bits per heavy atom. The van der Waals surface area contributed by atoms with Crippen LogP contribution in [0, 0.1) is 0 Å². The Kier molecular flexibility index (Phi) is 9.29. The Morgan fingerprint density at radius 1 is 0.414 bits per heavy atom. The van der Waals surface area contributed by atoms with E-state index in [4.69, 9.17) is 4.42 Å². The van der Waals surface area contributed by atoms with E-state index >= 15 is 0 Å². The van der Waals surface area contributed by atoms with E-state index in [1.807, 2.05) is 42.5 Å².